The molecule has 5 nitrogen and oxygen atoms in total. The second-order valence-electron chi connectivity index (χ2n) is 9.02. The lowest BCUT2D eigenvalue weighted by atomic mass is 9.82. The number of aryl methyl sites for hydroxylation is 1. The first kappa shape index (κ1) is 17.1. The van der Waals surface area contributed by atoms with Gasteiger partial charge < -0.3 is 15.2 Å². The fourth-order valence-corrected chi connectivity index (χ4v) is 5.64. The summed E-state index contributed by atoms with van der Waals surface area (Å²) in [6.45, 7) is 3.74. The second kappa shape index (κ2) is 6.09. The predicted octanol–water partition coefficient (Wildman–Crippen LogP) is 4.00. The van der Waals surface area contributed by atoms with Crippen LogP contribution >= 0.6 is 0 Å². The Morgan fingerprint density at radius 2 is 1.86 bits per heavy atom. The van der Waals surface area contributed by atoms with Crippen LogP contribution in [0.3, 0.4) is 0 Å². The molecule has 1 fully saturated rings. The zero-order valence-corrected chi connectivity index (χ0v) is 16.8. The lowest BCUT2D eigenvalue weighted by Gasteiger charge is -2.38. The van der Waals surface area contributed by atoms with Gasteiger partial charge in [0.05, 0.1) is 11.2 Å². The summed E-state index contributed by atoms with van der Waals surface area (Å²) in [6.07, 6.45) is 6.27. The van der Waals surface area contributed by atoms with Crippen molar-refractivity contribution in [2.24, 2.45) is 0 Å². The molecular formula is C24H26N4O. The Morgan fingerprint density at radius 1 is 1.14 bits per heavy atom. The van der Waals surface area contributed by atoms with Gasteiger partial charge in [0.2, 0.25) is 0 Å². The van der Waals surface area contributed by atoms with E-state index in [1.165, 1.54) is 11.1 Å². The Bertz CT molecular complexity index is 1110. The third-order valence-corrected chi connectivity index (χ3v) is 7.05. The number of nitrogens with one attached hydrogen (secondary N) is 2. The van der Waals surface area contributed by atoms with Crippen molar-refractivity contribution in [2.45, 2.75) is 51.0 Å². The lowest BCUT2D eigenvalue weighted by Crippen LogP contribution is -2.43. The van der Waals surface area contributed by atoms with Gasteiger partial charge in [0, 0.05) is 24.2 Å². The largest absolute Gasteiger partial charge is 0.377 e. The van der Waals surface area contributed by atoms with E-state index in [9.17, 15) is 4.79 Å². The molecule has 6 rings (SSSR count). The molecule has 5 heteroatoms. The van der Waals surface area contributed by atoms with E-state index in [1.54, 1.807) is 0 Å². The van der Waals surface area contributed by atoms with E-state index in [0.29, 0.717) is 0 Å². The molecule has 3 aliphatic rings. The molecule has 3 aromatic rings. The standard InChI is InChI=1S/C24H26N4O/c1-15-25-20-12-19(23(29)28-10-4-5-11-28)18-8-9-24(27-21(18)22(20)26-15)13-16-6-2-3-7-17(16)14-24/h2-3,6-7,12,27H,4-5,8-11,13-14H2,1H3,(H,25,26). The van der Waals surface area contributed by atoms with Crippen molar-refractivity contribution in [1.82, 2.24) is 14.9 Å². The van der Waals surface area contributed by atoms with Crippen LogP contribution in [0.25, 0.3) is 11.0 Å². The van der Waals surface area contributed by atoms with Crippen LogP contribution in [0.5, 0.6) is 0 Å². The van der Waals surface area contributed by atoms with Crippen LogP contribution in [0.1, 0.15) is 52.1 Å². The molecule has 0 atom stereocenters. The van der Waals surface area contributed by atoms with Gasteiger partial charge in [-0.2, -0.15) is 0 Å². The molecule has 0 bridgehead atoms. The Balaban J connectivity index is 1.46. The summed E-state index contributed by atoms with van der Waals surface area (Å²) in [5, 5.41) is 3.91. The van der Waals surface area contributed by atoms with Gasteiger partial charge in [-0.15, -0.1) is 0 Å². The van der Waals surface area contributed by atoms with Gasteiger partial charge in [-0.25, -0.2) is 4.98 Å². The fourth-order valence-electron chi connectivity index (χ4n) is 5.64. The van der Waals surface area contributed by atoms with Crippen LogP contribution in [0.15, 0.2) is 30.3 Å². The van der Waals surface area contributed by atoms with Gasteiger partial charge in [-0.05, 0) is 68.2 Å². The quantitative estimate of drug-likeness (QED) is 0.664. The van der Waals surface area contributed by atoms with Crippen LogP contribution in [0, 0.1) is 6.92 Å². The average molecular weight is 386 g/mol. The maximum Gasteiger partial charge on any atom is 0.254 e. The lowest BCUT2D eigenvalue weighted by molar-refractivity contribution is 0.0791. The highest BCUT2D eigenvalue weighted by Gasteiger charge is 2.41. The van der Waals surface area contributed by atoms with E-state index in [-0.39, 0.29) is 11.4 Å². The molecule has 2 aliphatic heterocycles. The molecule has 148 valence electrons. The normalized spacial score (nSPS) is 19.4. The van der Waals surface area contributed by atoms with Gasteiger partial charge in [0.15, 0.2) is 0 Å². The van der Waals surface area contributed by atoms with E-state index >= 15 is 0 Å². The molecular weight excluding hydrogens is 360 g/mol. The van der Waals surface area contributed by atoms with Crippen molar-refractivity contribution in [2.75, 3.05) is 18.4 Å². The monoisotopic (exact) mass is 386 g/mol. The van der Waals surface area contributed by atoms with E-state index in [4.69, 9.17) is 4.98 Å². The van der Waals surface area contributed by atoms with E-state index in [2.05, 4.69) is 34.6 Å². The summed E-state index contributed by atoms with van der Waals surface area (Å²) in [5.41, 5.74) is 7.96. The Morgan fingerprint density at radius 3 is 2.59 bits per heavy atom. The average Bonchev–Trinajstić information content (AvgIpc) is 3.44. The van der Waals surface area contributed by atoms with Crippen LogP contribution in [-0.4, -0.2) is 39.4 Å². The molecule has 1 saturated heterocycles. The number of hydrogen-bond donors (Lipinski definition) is 2. The third-order valence-electron chi connectivity index (χ3n) is 7.05. The molecule has 1 aromatic heterocycles. The topological polar surface area (TPSA) is 61.0 Å². The number of carbonyl (C=O) groups excluding carboxylic acids is 1. The summed E-state index contributed by atoms with van der Waals surface area (Å²) < 4.78 is 0. The smallest absolute Gasteiger partial charge is 0.254 e. The maximum atomic E-state index is 13.3. The number of nitrogens with zero attached hydrogens (tertiary/aromatic N) is 2. The zero-order valence-electron chi connectivity index (χ0n) is 16.8. The number of H-pyrrole nitrogens is 1. The third kappa shape index (κ3) is 2.60. The van der Waals surface area contributed by atoms with E-state index < -0.39 is 0 Å². The van der Waals surface area contributed by atoms with Gasteiger partial charge in [0.1, 0.15) is 11.3 Å². The summed E-state index contributed by atoms with van der Waals surface area (Å²) in [5.74, 6) is 1.07. The van der Waals surface area contributed by atoms with Crippen molar-refractivity contribution in [3.63, 3.8) is 0 Å². The number of amides is 1. The van der Waals surface area contributed by atoms with Crippen LogP contribution in [0.2, 0.25) is 0 Å². The number of aromatic nitrogens is 2. The number of benzene rings is 2. The number of hydrogen-bond acceptors (Lipinski definition) is 3. The molecule has 3 heterocycles. The summed E-state index contributed by atoms with van der Waals surface area (Å²) in [6, 6.07) is 10.8. The Labute approximate surface area is 170 Å². The summed E-state index contributed by atoms with van der Waals surface area (Å²) in [7, 11) is 0. The van der Waals surface area contributed by atoms with Gasteiger partial charge in [-0.1, -0.05) is 24.3 Å². The molecule has 29 heavy (non-hydrogen) atoms. The molecule has 1 amide bonds. The molecule has 2 N–H and O–H groups in total. The number of likely N-dealkylation sites (tertiary alicyclic amines) is 1. The molecule has 0 radical (unpaired) electrons. The summed E-state index contributed by atoms with van der Waals surface area (Å²) >= 11 is 0. The highest BCUT2D eigenvalue weighted by molar-refractivity contribution is 6.04. The van der Waals surface area contributed by atoms with Crippen molar-refractivity contribution in [3.05, 3.63) is 58.4 Å². The van der Waals surface area contributed by atoms with E-state index in [1.807, 2.05) is 17.9 Å². The number of fused-ring (bicyclic) bond motifs is 4. The number of imidazole rings is 1. The highest BCUT2D eigenvalue weighted by Crippen LogP contribution is 2.44. The Kier molecular flexibility index (Phi) is 3.58. The number of aromatic amines is 1. The molecule has 2 aromatic carbocycles. The van der Waals surface area contributed by atoms with Crippen LogP contribution in [0.4, 0.5) is 5.69 Å². The van der Waals surface area contributed by atoms with Crippen LogP contribution in [-0.2, 0) is 19.3 Å². The number of carbonyl (C=O) groups is 1. The first-order valence-electron chi connectivity index (χ1n) is 10.8. The number of rotatable bonds is 1. The second-order valence-corrected chi connectivity index (χ2v) is 9.02. The van der Waals surface area contributed by atoms with Crippen LogP contribution < -0.4 is 5.32 Å². The first-order chi connectivity index (χ1) is 14.1. The maximum absolute atomic E-state index is 13.3. The van der Waals surface area contributed by atoms with Gasteiger partial charge in [0.25, 0.3) is 5.91 Å². The summed E-state index contributed by atoms with van der Waals surface area (Å²) in [4.78, 5) is 23.5. The molecule has 0 saturated carbocycles. The van der Waals surface area contributed by atoms with Gasteiger partial charge >= 0.3 is 0 Å². The van der Waals surface area contributed by atoms with Crippen molar-refractivity contribution in [1.29, 1.82) is 0 Å². The molecule has 0 unspecified atom stereocenters. The minimum atomic E-state index is 0.0335. The molecule has 1 aliphatic carbocycles. The first-order valence-corrected chi connectivity index (χ1v) is 10.8. The predicted molar refractivity (Wildman–Crippen MR) is 114 cm³/mol. The van der Waals surface area contributed by atoms with Crippen molar-refractivity contribution < 1.29 is 4.79 Å². The van der Waals surface area contributed by atoms with Crippen molar-refractivity contribution in [3.8, 4) is 0 Å². The van der Waals surface area contributed by atoms with Gasteiger partial charge in [-0.3, -0.25) is 4.79 Å². The van der Waals surface area contributed by atoms with E-state index in [0.717, 1.165) is 85.3 Å². The molecule has 1 spiro atoms. The SMILES string of the molecule is Cc1nc2c3c(c(C(=O)N4CCCC4)cc2[nH]1)CCC1(Cc2ccccc2C1)N3. The minimum Gasteiger partial charge on any atom is -0.377 e. The minimum absolute atomic E-state index is 0.0335. The number of anilines is 1. The highest BCUT2D eigenvalue weighted by atomic mass is 16.2. The zero-order chi connectivity index (χ0) is 19.6. The fraction of sp³-hybridized carbons (Fsp3) is 0.417. The van der Waals surface area contributed by atoms with Crippen molar-refractivity contribution >= 4 is 22.6 Å². The Hall–Kier alpha value is -2.82.